The molecule has 1 aliphatic heterocycles. The summed E-state index contributed by atoms with van der Waals surface area (Å²) in [6.07, 6.45) is 2.23. The SMILES string of the molecule is CC1/C=C(/Cl)N=C(Cl)C(=O)CC1I. The third-order valence-electron chi connectivity index (χ3n) is 1.79. The van der Waals surface area contributed by atoms with Gasteiger partial charge in [0.2, 0.25) is 0 Å². The summed E-state index contributed by atoms with van der Waals surface area (Å²) in [5, 5.41) is 0.280. The predicted octanol–water partition coefficient (Wildman–Crippen LogP) is 3.12. The molecule has 0 aromatic heterocycles. The van der Waals surface area contributed by atoms with Crippen molar-refractivity contribution in [2.45, 2.75) is 17.3 Å². The zero-order valence-electron chi connectivity index (χ0n) is 6.93. The van der Waals surface area contributed by atoms with Crippen molar-refractivity contribution in [3.63, 3.8) is 0 Å². The average molecular weight is 332 g/mol. The van der Waals surface area contributed by atoms with E-state index in [1.54, 1.807) is 0 Å². The standard InChI is InChI=1S/C8H8Cl2INO/c1-4-2-7(9)12-8(10)6(13)3-5(4)11/h2,4-5H,3H2,1H3/b7-2-,12-8?. The number of hydrogen-bond acceptors (Lipinski definition) is 2. The Morgan fingerprint density at radius 3 is 2.85 bits per heavy atom. The molecular formula is C8H8Cl2INO. The molecule has 0 saturated carbocycles. The second-order valence-electron chi connectivity index (χ2n) is 2.89. The lowest BCUT2D eigenvalue weighted by Crippen LogP contribution is -2.20. The number of allylic oxidation sites excluding steroid dienone is 1. The Balaban J connectivity index is 2.98. The fourth-order valence-corrected chi connectivity index (χ4v) is 2.06. The van der Waals surface area contributed by atoms with Crippen LogP contribution >= 0.6 is 45.8 Å². The van der Waals surface area contributed by atoms with Gasteiger partial charge in [-0.15, -0.1) is 0 Å². The quantitative estimate of drug-likeness (QED) is 0.381. The molecule has 0 amide bonds. The van der Waals surface area contributed by atoms with E-state index in [0.29, 0.717) is 11.6 Å². The van der Waals surface area contributed by atoms with E-state index in [1.807, 2.05) is 13.0 Å². The van der Waals surface area contributed by atoms with Crippen molar-refractivity contribution in [3.8, 4) is 0 Å². The first kappa shape index (κ1) is 11.5. The van der Waals surface area contributed by atoms with Crippen molar-refractivity contribution in [1.29, 1.82) is 0 Å². The summed E-state index contributed by atoms with van der Waals surface area (Å²) in [5.74, 6) is 0.102. The first-order chi connectivity index (χ1) is 6.00. The van der Waals surface area contributed by atoms with E-state index in [2.05, 4.69) is 27.6 Å². The lowest BCUT2D eigenvalue weighted by Gasteiger charge is -2.15. The lowest BCUT2D eigenvalue weighted by molar-refractivity contribution is -0.112. The maximum absolute atomic E-state index is 11.3. The van der Waals surface area contributed by atoms with E-state index in [-0.39, 0.29) is 20.8 Å². The van der Waals surface area contributed by atoms with Crippen LogP contribution in [0.25, 0.3) is 0 Å². The summed E-state index contributed by atoms with van der Waals surface area (Å²) in [5.41, 5.74) is 0. The van der Waals surface area contributed by atoms with E-state index in [9.17, 15) is 4.79 Å². The van der Waals surface area contributed by atoms with Crippen molar-refractivity contribution >= 4 is 56.7 Å². The van der Waals surface area contributed by atoms with Gasteiger partial charge < -0.3 is 0 Å². The van der Waals surface area contributed by atoms with Crippen LogP contribution in [0.2, 0.25) is 0 Å². The Morgan fingerprint density at radius 1 is 1.62 bits per heavy atom. The number of aliphatic imine (C=N–C) groups is 1. The molecular weight excluding hydrogens is 324 g/mol. The molecule has 13 heavy (non-hydrogen) atoms. The van der Waals surface area contributed by atoms with Crippen molar-refractivity contribution in [2.75, 3.05) is 0 Å². The third-order valence-corrected chi connectivity index (χ3v) is 3.87. The smallest absolute Gasteiger partial charge is 0.193 e. The number of halogens is 3. The summed E-state index contributed by atoms with van der Waals surface area (Å²) in [6.45, 7) is 2.00. The summed E-state index contributed by atoms with van der Waals surface area (Å²) in [7, 11) is 0. The van der Waals surface area contributed by atoms with Gasteiger partial charge in [-0.25, -0.2) is 4.99 Å². The minimum Gasteiger partial charge on any atom is -0.291 e. The average Bonchev–Trinajstić information content (AvgIpc) is 2.02. The van der Waals surface area contributed by atoms with Gasteiger partial charge in [0.05, 0.1) is 0 Å². The maximum atomic E-state index is 11.3. The number of nitrogens with zero attached hydrogens (tertiary/aromatic N) is 1. The van der Waals surface area contributed by atoms with Gasteiger partial charge in [0.15, 0.2) is 11.0 Å². The first-order valence-electron chi connectivity index (χ1n) is 3.79. The summed E-state index contributed by atoms with van der Waals surface area (Å²) >= 11 is 13.6. The van der Waals surface area contributed by atoms with Crippen molar-refractivity contribution < 1.29 is 4.79 Å². The second-order valence-corrected chi connectivity index (χ2v) is 5.24. The third kappa shape index (κ3) is 3.22. The Hall–Kier alpha value is 0.390. The number of carbonyl (C=O) groups excluding carboxylic acids is 1. The highest BCUT2D eigenvalue weighted by molar-refractivity contribution is 14.1. The van der Waals surface area contributed by atoms with Crippen molar-refractivity contribution in [2.24, 2.45) is 10.9 Å². The molecule has 2 nitrogen and oxygen atoms in total. The number of hydrogen-bond donors (Lipinski definition) is 0. The summed E-state index contributed by atoms with van der Waals surface area (Å²) < 4.78 is 0.225. The lowest BCUT2D eigenvalue weighted by atomic mass is 10.0. The number of ketones is 1. The summed E-state index contributed by atoms with van der Waals surface area (Å²) in [4.78, 5) is 15.1. The molecule has 0 spiro atoms. The van der Waals surface area contributed by atoms with E-state index in [1.165, 1.54) is 0 Å². The van der Waals surface area contributed by atoms with Crippen molar-refractivity contribution in [3.05, 3.63) is 11.2 Å². The molecule has 72 valence electrons. The number of alkyl halides is 1. The van der Waals surface area contributed by atoms with E-state index < -0.39 is 0 Å². The van der Waals surface area contributed by atoms with Gasteiger partial charge in [0, 0.05) is 10.3 Å². The predicted molar refractivity (Wildman–Crippen MR) is 63.8 cm³/mol. The molecule has 0 bridgehead atoms. The number of rotatable bonds is 0. The van der Waals surface area contributed by atoms with Crippen LogP contribution in [0.5, 0.6) is 0 Å². The highest BCUT2D eigenvalue weighted by atomic mass is 127. The molecule has 0 aliphatic carbocycles. The van der Waals surface area contributed by atoms with Crippen LogP contribution in [-0.2, 0) is 4.79 Å². The molecule has 0 aromatic rings. The Morgan fingerprint density at radius 2 is 2.23 bits per heavy atom. The number of Topliss-reactive ketones (excluding diaryl/α,β-unsaturated/α-hetero) is 1. The van der Waals surface area contributed by atoms with Gasteiger partial charge in [-0.1, -0.05) is 52.7 Å². The van der Waals surface area contributed by atoms with Crippen LogP contribution in [-0.4, -0.2) is 14.9 Å². The molecule has 0 N–H and O–H groups in total. The van der Waals surface area contributed by atoms with Gasteiger partial charge in [-0.3, -0.25) is 4.79 Å². The van der Waals surface area contributed by atoms with Crippen LogP contribution in [0.15, 0.2) is 16.2 Å². The van der Waals surface area contributed by atoms with Crippen LogP contribution in [0.4, 0.5) is 0 Å². The molecule has 1 heterocycles. The maximum Gasteiger partial charge on any atom is 0.193 e. The second kappa shape index (κ2) is 4.75. The molecule has 0 aromatic carbocycles. The molecule has 5 heteroatoms. The van der Waals surface area contributed by atoms with Crippen LogP contribution in [0.3, 0.4) is 0 Å². The molecule has 0 radical (unpaired) electrons. The normalized spacial score (nSPS) is 34.3. The van der Waals surface area contributed by atoms with Crippen LogP contribution in [0, 0.1) is 5.92 Å². The molecule has 2 unspecified atom stereocenters. The minimum absolute atomic E-state index is 0.0187. The Kier molecular flexibility index (Phi) is 4.19. The van der Waals surface area contributed by atoms with Gasteiger partial charge in [-0.2, -0.15) is 0 Å². The number of carbonyl (C=O) groups is 1. The first-order valence-corrected chi connectivity index (χ1v) is 5.79. The van der Waals surface area contributed by atoms with Gasteiger partial charge in [-0.05, 0) is 12.0 Å². The van der Waals surface area contributed by atoms with E-state index >= 15 is 0 Å². The Bertz CT molecular complexity index is 288. The minimum atomic E-state index is -0.140. The zero-order chi connectivity index (χ0) is 10.0. The topological polar surface area (TPSA) is 29.4 Å². The van der Waals surface area contributed by atoms with Crippen LogP contribution in [0.1, 0.15) is 13.3 Å². The summed E-state index contributed by atoms with van der Waals surface area (Å²) in [6, 6.07) is 0. The molecule has 1 rings (SSSR count). The monoisotopic (exact) mass is 331 g/mol. The van der Waals surface area contributed by atoms with E-state index in [4.69, 9.17) is 23.2 Å². The zero-order valence-corrected chi connectivity index (χ0v) is 10.6. The van der Waals surface area contributed by atoms with Gasteiger partial charge >= 0.3 is 0 Å². The van der Waals surface area contributed by atoms with Gasteiger partial charge in [0.1, 0.15) is 5.16 Å². The molecule has 0 fully saturated rings. The fourth-order valence-electron chi connectivity index (χ4n) is 0.962. The Labute approximate surface area is 101 Å². The van der Waals surface area contributed by atoms with Crippen LogP contribution < -0.4 is 0 Å². The molecule has 2 atom stereocenters. The fraction of sp³-hybridized carbons (Fsp3) is 0.500. The van der Waals surface area contributed by atoms with E-state index in [0.717, 1.165) is 0 Å². The molecule has 1 aliphatic rings. The highest BCUT2D eigenvalue weighted by Gasteiger charge is 2.21. The van der Waals surface area contributed by atoms with Gasteiger partial charge in [0.25, 0.3) is 0 Å². The molecule has 0 saturated heterocycles. The highest BCUT2D eigenvalue weighted by Crippen LogP contribution is 2.24. The van der Waals surface area contributed by atoms with Crippen molar-refractivity contribution in [1.82, 2.24) is 0 Å². The largest absolute Gasteiger partial charge is 0.291 e.